The van der Waals surface area contributed by atoms with E-state index in [1.54, 1.807) is 6.20 Å². The van der Waals surface area contributed by atoms with Gasteiger partial charge in [-0.3, -0.25) is 14.9 Å². The minimum Gasteiger partial charge on any atom is -0.369 e. The van der Waals surface area contributed by atoms with Crippen LogP contribution >= 0.6 is 11.3 Å². The van der Waals surface area contributed by atoms with Crippen molar-refractivity contribution in [1.82, 2.24) is 14.9 Å². The molecule has 0 saturated carbocycles. The number of ether oxygens (including phenoxy) is 1. The lowest BCUT2D eigenvalue weighted by Crippen LogP contribution is -2.38. The van der Waals surface area contributed by atoms with Gasteiger partial charge in [-0.05, 0) is 30.9 Å². The third kappa shape index (κ3) is 3.06. The van der Waals surface area contributed by atoms with Crippen LogP contribution in [0.1, 0.15) is 27.9 Å². The predicted octanol–water partition coefficient (Wildman–Crippen LogP) is 2.73. The maximum absolute atomic E-state index is 5.84. The lowest BCUT2D eigenvalue weighted by Gasteiger charge is -2.32. The van der Waals surface area contributed by atoms with Crippen molar-refractivity contribution in [2.45, 2.75) is 26.5 Å². The fourth-order valence-corrected chi connectivity index (χ4v) is 3.31. The second-order valence-electron chi connectivity index (χ2n) is 5.20. The Bertz CT molecular complexity index is 567. The molecule has 3 heterocycles. The van der Waals surface area contributed by atoms with Gasteiger partial charge in [0.2, 0.25) is 0 Å². The summed E-state index contributed by atoms with van der Waals surface area (Å²) in [6.07, 6.45) is 3.68. The summed E-state index contributed by atoms with van der Waals surface area (Å²) in [6, 6.07) is 2.18. The van der Waals surface area contributed by atoms with E-state index in [2.05, 4.69) is 33.2 Å². The van der Waals surface area contributed by atoms with Gasteiger partial charge >= 0.3 is 0 Å². The number of nitrogens with zero attached hydrogens (tertiary/aromatic N) is 3. The SMILES string of the molecule is Cc1cnc(C2CN(Cc3sccc3C)CCO2)cn1. The Morgan fingerprint density at radius 3 is 2.95 bits per heavy atom. The molecule has 0 bridgehead atoms. The van der Waals surface area contributed by atoms with E-state index in [4.69, 9.17) is 4.74 Å². The van der Waals surface area contributed by atoms with Gasteiger partial charge in [0.05, 0.1) is 24.2 Å². The van der Waals surface area contributed by atoms with Gasteiger partial charge in [-0.1, -0.05) is 0 Å². The van der Waals surface area contributed by atoms with E-state index in [0.717, 1.165) is 37.6 Å². The molecule has 20 heavy (non-hydrogen) atoms. The third-order valence-electron chi connectivity index (χ3n) is 3.62. The van der Waals surface area contributed by atoms with Crippen molar-refractivity contribution in [2.24, 2.45) is 0 Å². The van der Waals surface area contributed by atoms with Crippen LogP contribution in [0.3, 0.4) is 0 Å². The quantitative estimate of drug-likeness (QED) is 0.871. The fraction of sp³-hybridized carbons (Fsp3) is 0.467. The van der Waals surface area contributed by atoms with E-state index in [9.17, 15) is 0 Å². The van der Waals surface area contributed by atoms with E-state index < -0.39 is 0 Å². The van der Waals surface area contributed by atoms with Crippen LogP contribution in [-0.2, 0) is 11.3 Å². The first kappa shape index (κ1) is 13.7. The van der Waals surface area contributed by atoms with Crippen LogP contribution in [-0.4, -0.2) is 34.6 Å². The summed E-state index contributed by atoms with van der Waals surface area (Å²) in [4.78, 5) is 12.6. The summed E-state index contributed by atoms with van der Waals surface area (Å²) in [5, 5.41) is 2.16. The molecule has 1 aliphatic rings. The number of thiophene rings is 1. The van der Waals surface area contributed by atoms with Gasteiger partial charge < -0.3 is 4.74 Å². The van der Waals surface area contributed by atoms with Crippen LogP contribution in [0.25, 0.3) is 0 Å². The first-order valence-corrected chi connectivity index (χ1v) is 7.76. The molecular weight excluding hydrogens is 270 g/mol. The van der Waals surface area contributed by atoms with Crippen molar-refractivity contribution in [2.75, 3.05) is 19.7 Å². The Balaban J connectivity index is 1.67. The molecule has 1 atom stereocenters. The topological polar surface area (TPSA) is 38.2 Å². The van der Waals surface area contributed by atoms with E-state index in [1.807, 2.05) is 24.5 Å². The van der Waals surface area contributed by atoms with Crippen LogP contribution in [0.2, 0.25) is 0 Å². The maximum atomic E-state index is 5.84. The van der Waals surface area contributed by atoms with Gasteiger partial charge in [0.15, 0.2) is 0 Å². The molecule has 1 fully saturated rings. The molecule has 0 N–H and O–H groups in total. The standard InChI is InChI=1S/C15H19N3OS/c1-11-3-6-20-15(11)10-18-4-5-19-14(9-18)13-8-16-12(2)7-17-13/h3,6-8,14H,4-5,9-10H2,1-2H3. The van der Waals surface area contributed by atoms with Crippen molar-refractivity contribution in [3.8, 4) is 0 Å². The lowest BCUT2D eigenvalue weighted by molar-refractivity contribution is -0.0349. The van der Waals surface area contributed by atoms with Crippen LogP contribution in [0, 0.1) is 13.8 Å². The molecular formula is C15H19N3OS. The first-order chi connectivity index (χ1) is 9.72. The van der Waals surface area contributed by atoms with Crippen molar-refractivity contribution in [3.05, 3.63) is 45.7 Å². The average molecular weight is 289 g/mol. The molecule has 2 aromatic heterocycles. The van der Waals surface area contributed by atoms with Gasteiger partial charge in [0, 0.05) is 30.7 Å². The molecule has 0 aliphatic carbocycles. The van der Waals surface area contributed by atoms with E-state index in [1.165, 1.54) is 10.4 Å². The Hall–Kier alpha value is -1.30. The van der Waals surface area contributed by atoms with Crippen molar-refractivity contribution in [1.29, 1.82) is 0 Å². The number of hydrogen-bond donors (Lipinski definition) is 0. The average Bonchev–Trinajstić information content (AvgIpc) is 2.85. The summed E-state index contributed by atoms with van der Waals surface area (Å²) in [5.74, 6) is 0. The van der Waals surface area contributed by atoms with Crippen molar-refractivity contribution < 1.29 is 4.74 Å². The van der Waals surface area contributed by atoms with Crippen molar-refractivity contribution in [3.63, 3.8) is 0 Å². The molecule has 2 aromatic rings. The highest BCUT2D eigenvalue weighted by Gasteiger charge is 2.23. The summed E-state index contributed by atoms with van der Waals surface area (Å²) in [7, 11) is 0. The predicted molar refractivity (Wildman–Crippen MR) is 79.8 cm³/mol. The lowest BCUT2D eigenvalue weighted by atomic mass is 10.2. The van der Waals surface area contributed by atoms with Gasteiger partial charge in [-0.15, -0.1) is 11.3 Å². The summed E-state index contributed by atoms with van der Waals surface area (Å²) in [6.45, 7) is 7.75. The van der Waals surface area contributed by atoms with Crippen molar-refractivity contribution >= 4 is 11.3 Å². The number of aromatic nitrogens is 2. The van der Waals surface area contributed by atoms with Crippen LogP contribution < -0.4 is 0 Å². The zero-order valence-electron chi connectivity index (χ0n) is 11.9. The smallest absolute Gasteiger partial charge is 0.114 e. The molecule has 1 aliphatic heterocycles. The minimum atomic E-state index is 0.0390. The Morgan fingerprint density at radius 2 is 2.25 bits per heavy atom. The molecule has 0 spiro atoms. The molecule has 3 rings (SSSR count). The minimum absolute atomic E-state index is 0.0390. The van der Waals surface area contributed by atoms with Gasteiger partial charge in [0.25, 0.3) is 0 Å². The Kier molecular flexibility index (Phi) is 4.10. The van der Waals surface area contributed by atoms with Gasteiger partial charge in [-0.25, -0.2) is 0 Å². The normalized spacial score (nSPS) is 20.2. The number of hydrogen-bond acceptors (Lipinski definition) is 5. The molecule has 4 nitrogen and oxygen atoms in total. The Labute approximate surface area is 123 Å². The zero-order chi connectivity index (χ0) is 13.9. The second-order valence-corrected chi connectivity index (χ2v) is 6.20. The number of rotatable bonds is 3. The number of morpholine rings is 1. The monoisotopic (exact) mass is 289 g/mol. The highest BCUT2D eigenvalue weighted by molar-refractivity contribution is 7.10. The molecule has 1 saturated heterocycles. The maximum Gasteiger partial charge on any atom is 0.114 e. The van der Waals surface area contributed by atoms with E-state index >= 15 is 0 Å². The highest BCUT2D eigenvalue weighted by atomic mass is 32.1. The van der Waals surface area contributed by atoms with Crippen LogP contribution in [0.4, 0.5) is 0 Å². The zero-order valence-corrected chi connectivity index (χ0v) is 12.7. The molecule has 106 valence electrons. The second kappa shape index (κ2) is 5.99. The highest BCUT2D eigenvalue weighted by Crippen LogP contribution is 2.24. The summed E-state index contributed by atoms with van der Waals surface area (Å²) in [5.41, 5.74) is 3.26. The molecule has 0 amide bonds. The summed E-state index contributed by atoms with van der Waals surface area (Å²) >= 11 is 1.83. The molecule has 1 unspecified atom stereocenters. The molecule has 0 aromatic carbocycles. The fourth-order valence-electron chi connectivity index (χ4n) is 2.36. The Morgan fingerprint density at radius 1 is 1.35 bits per heavy atom. The molecule has 0 radical (unpaired) electrons. The van der Waals surface area contributed by atoms with Crippen LogP contribution in [0.5, 0.6) is 0 Å². The molecule has 5 heteroatoms. The number of aryl methyl sites for hydroxylation is 2. The van der Waals surface area contributed by atoms with Crippen LogP contribution in [0.15, 0.2) is 23.8 Å². The van der Waals surface area contributed by atoms with Gasteiger partial charge in [0.1, 0.15) is 6.10 Å². The largest absolute Gasteiger partial charge is 0.369 e. The van der Waals surface area contributed by atoms with E-state index in [0.29, 0.717) is 0 Å². The summed E-state index contributed by atoms with van der Waals surface area (Å²) < 4.78 is 5.84. The first-order valence-electron chi connectivity index (χ1n) is 6.88. The third-order valence-corrected chi connectivity index (χ3v) is 4.62. The van der Waals surface area contributed by atoms with E-state index in [-0.39, 0.29) is 6.10 Å². The van der Waals surface area contributed by atoms with Gasteiger partial charge in [-0.2, -0.15) is 0 Å².